The van der Waals surface area contributed by atoms with E-state index in [9.17, 15) is 4.79 Å². The van der Waals surface area contributed by atoms with Gasteiger partial charge in [-0.15, -0.1) is 10.2 Å². The Hall–Kier alpha value is -2.02. The molecule has 1 amide bonds. The van der Waals surface area contributed by atoms with Gasteiger partial charge in [0.1, 0.15) is 5.75 Å². The summed E-state index contributed by atoms with van der Waals surface area (Å²) in [5.41, 5.74) is 1.06. The Bertz CT molecular complexity index is 717. The molecule has 0 bridgehead atoms. The Morgan fingerprint density at radius 3 is 2.77 bits per heavy atom. The highest BCUT2D eigenvalue weighted by molar-refractivity contribution is 7.99. The van der Waals surface area contributed by atoms with Crippen molar-refractivity contribution in [1.82, 2.24) is 15.5 Å². The first-order valence-corrected chi connectivity index (χ1v) is 10.00. The van der Waals surface area contributed by atoms with Crippen LogP contribution in [0.3, 0.4) is 0 Å². The summed E-state index contributed by atoms with van der Waals surface area (Å²) in [6, 6.07) is 8.03. The van der Waals surface area contributed by atoms with Gasteiger partial charge in [-0.05, 0) is 36.5 Å². The first-order chi connectivity index (χ1) is 12.6. The molecule has 26 heavy (non-hydrogen) atoms. The van der Waals surface area contributed by atoms with Crippen molar-refractivity contribution < 1.29 is 13.9 Å². The molecule has 0 saturated heterocycles. The van der Waals surface area contributed by atoms with E-state index in [4.69, 9.17) is 9.15 Å². The summed E-state index contributed by atoms with van der Waals surface area (Å²) in [6.45, 7) is 2.21. The number of carbonyl (C=O) groups is 1. The van der Waals surface area contributed by atoms with E-state index in [1.807, 2.05) is 24.3 Å². The van der Waals surface area contributed by atoms with Gasteiger partial charge in [0.2, 0.25) is 11.8 Å². The predicted molar refractivity (Wildman–Crippen MR) is 100 cm³/mol. The Balaban J connectivity index is 1.46. The number of benzene rings is 1. The van der Waals surface area contributed by atoms with Gasteiger partial charge in [0.05, 0.1) is 19.3 Å². The van der Waals surface area contributed by atoms with Crippen LogP contribution in [0.4, 0.5) is 0 Å². The number of rotatable bonds is 7. The SMILES string of the molecule is COc1ccc(Cc2nnc(SCC(=O)NC3CCCCC3C)o2)cc1. The molecule has 2 unspecified atom stereocenters. The second kappa shape index (κ2) is 9.07. The molecule has 140 valence electrons. The van der Waals surface area contributed by atoms with E-state index < -0.39 is 0 Å². The first kappa shape index (κ1) is 18.8. The molecule has 6 nitrogen and oxygen atoms in total. The normalized spacial score (nSPS) is 19.9. The zero-order valence-corrected chi connectivity index (χ0v) is 16.1. The van der Waals surface area contributed by atoms with Crippen molar-refractivity contribution in [3.05, 3.63) is 35.7 Å². The van der Waals surface area contributed by atoms with Gasteiger partial charge < -0.3 is 14.5 Å². The predicted octanol–water partition coefficient (Wildman–Crippen LogP) is 3.46. The summed E-state index contributed by atoms with van der Waals surface area (Å²) in [7, 11) is 1.64. The van der Waals surface area contributed by atoms with Crippen molar-refractivity contribution in [2.75, 3.05) is 12.9 Å². The molecule has 0 spiro atoms. The number of nitrogens with one attached hydrogen (secondary N) is 1. The van der Waals surface area contributed by atoms with Crippen LogP contribution in [0.1, 0.15) is 44.1 Å². The molecular weight excluding hydrogens is 350 g/mol. The van der Waals surface area contributed by atoms with E-state index in [0.717, 1.165) is 17.7 Å². The smallest absolute Gasteiger partial charge is 0.277 e. The fourth-order valence-corrected chi connectivity index (χ4v) is 3.78. The van der Waals surface area contributed by atoms with Crippen molar-refractivity contribution in [3.8, 4) is 5.75 Å². The maximum atomic E-state index is 12.2. The van der Waals surface area contributed by atoms with E-state index in [-0.39, 0.29) is 5.91 Å². The molecule has 1 heterocycles. The lowest BCUT2D eigenvalue weighted by Crippen LogP contribution is -2.41. The monoisotopic (exact) mass is 375 g/mol. The highest BCUT2D eigenvalue weighted by atomic mass is 32.2. The van der Waals surface area contributed by atoms with Crippen LogP contribution in [-0.4, -0.2) is 35.0 Å². The van der Waals surface area contributed by atoms with Gasteiger partial charge in [0.15, 0.2) is 0 Å². The molecule has 1 aromatic carbocycles. The van der Waals surface area contributed by atoms with E-state index in [1.54, 1.807) is 7.11 Å². The first-order valence-electron chi connectivity index (χ1n) is 9.01. The summed E-state index contributed by atoms with van der Waals surface area (Å²) >= 11 is 1.28. The molecule has 0 aliphatic heterocycles. The number of ether oxygens (including phenoxy) is 1. The molecule has 2 aromatic rings. The highest BCUT2D eigenvalue weighted by Gasteiger charge is 2.23. The minimum Gasteiger partial charge on any atom is -0.497 e. The Morgan fingerprint density at radius 1 is 1.27 bits per heavy atom. The third kappa shape index (κ3) is 5.24. The highest BCUT2D eigenvalue weighted by Crippen LogP contribution is 2.24. The standard InChI is InChI=1S/C19H25N3O3S/c1-13-5-3-4-6-16(13)20-17(23)12-26-19-22-21-18(25-19)11-14-7-9-15(24-2)10-8-14/h7-10,13,16H,3-6,11-12H2,1-2H3,(H,20,23). The third-order valence-electron chi connectivity index (χ3n) is 4.75. The average Bonchev–Trinajstić information content (AvgIpc) is 3.10. The number of carbonyl (C=O) groups excluding carboxylic acids is 1. The van der Waals surface area contributed by atoms with Crippen LogP contribution in [0.2, 0.25) is 0 Å². The van der Waals surface area contributed by atoms with Crippen LogP contribution in [0.5, 0.6) is 5.75 Å². The maximum Gasteiger partial charge on any atom is 0.277 e. The van der Waals surface area contributed by atoms with Gasteiger partial charge in [0, 0.05) is 6.04 Å². The van der Waals surface area contributed by atoms with E-state index >= 15 is 0 Å². The maximum absolute atomic E-state index is 12.2. The van der Waals surface area contributed by atoms with Gasteiger partial charge in [-0.1, -0.05) is 43.7 Å². The number of nitrogens with zero attached hydrogens (tertiary/aromatic N) is 2. The Morgan fingerprint density at radius 2 is 2.04 bits per heavy atom. The molecule has 1 saturated carbocycles. The molecular formula is C19H25N3O3S. The molecule has 1 fully saturated rings. The van der Waals surface area contributed by atoms with Gasteiger partial charge in [-0.25, -0.2) is 0 Å². The van der Waals surface area contributed by atoms with E-state index in [0.29, 0.717) is 35.2 Å². The Kier molecular flexibility index (Phi) is 6.55. The molecule has 0 radical (unpaired) electrons. The lowest BCUT2D eigenvalue weighted by atomic mass is 9.86. The number of amides is 1. The molecule has 7 heteroatoms. The fraction of sp³-hybridized carbons (Fsp3) is 0.526. The molecule has 2 atom stereocenters. The quantitative estimate of drug-likeness (QED) is 0.747. The van der Waals surface area contributed by atoms with Crippen LogP contribution < -0.4 is 10.1 Å². The van der Waals surface area contributed by atoms with Crippen LogP contribution in [-0.2, 0) is 11.2 Å². The van der Waals surface area contributed by atoms with Gasteiger partial charge in [0.25, 0.3) is 5.22 Å². The minimum atomic E-state index is 0.0312. The average molecular weight is 375 g/mol. The van der Waals surface area contributed by atoms with Gasteiger partial charge in [-0.3, -0.25) is 4.79 Å². The fourth-order valence-electron chi connectivity index (χ4n) is 3.19. The van der Waals surface area contributed by atoms with Crippen LogP contribution in [0, 0.1) is 5.92 Å². The zero-order chi connectivity index (χ0) is 18.4. The number of thioether (sulfide) groups is 1. The van der Waals surface area contributed by atoms with Crippen molar-refractivity contribution in [1.29, 1.82) is 0 Å². The summed E-state index contributed by atoms with van der Waals surface area (Å²) in [4.78, 5) is 12.2. The summed E-state index contributed by atoms with van der Waals surface area (Å²) in [5.74, 6) is 2.24. The third-order valence-corrected chi connectivity index (χ3v) is 5.57. The summed E-state index contributed by atoms with van der Waals surface area (Å²) in [6.07, 6.45) is 5.28. The number of hydrogen-bond donors (Lipinski definition) is 1. The second-order valence-corrected chi connectivity index (χ2v) is 7.64. The van der Waals surface area contributed by atoms with Crippen LogP contribution in [0.25, 0.3) is 0 Å². The van der Waals surface area contributed by atoms with Gasteiger partial charge in [-0.2, -0.15) is 0 Å². The lowest BCUT2D eigenvalue weighted by molar-refractivity contribution is -0.119. The minimum absolute atomic E-state index is 0.0312. The molecule has 1 N–H and O–H groups in total. The second-order valence-electron chi connectivity index (χ2n) is 6.71. The number of aromatic nitrogens is 2. The topological polar surface area (TPSA) is 77.2 Å². The zero-order valence-electron chi connectivity index (χ0n) is 15.2. The lowest BCUT2D eigenvalue weighted by Gasteiger charge is -2.29. The van der Waals surface area contributed by atoms with Gasteiger partial charge >= 0.3 is 0 Å². The van der Waals surface area contributed by atoms with E-state index in [1.165, 1.54) is 31.0 Å². The van der Waals surface area contributed by atoms with Crippen LogP contribution >= 0.6 is 11.8 Å². The van der Waals surface area contributed by atoms with Crippen molar-refractivity contribution in [2.24, 2.45) is 5.92 Å². The summed E-state index contributed by atoms with van der Waals surface area (Å²) < 4.78 is 10.8. The molecule has 1 aliphatic rings. The van der Waals surface area contributed by atoms with Crippen molar-refractivity contribution >= 4 is 17.7 Å². The van der Waals surface area contributed by atoms with Crippen molar-refractivity contribution in [2.45, 2.75) is 50.3 Å². The van der Waals surface area contributed by atoms with Crippen LogP contribution in [0.15, 0.2) is 33.9 Å². The Labute approximate surface area is 158 Å². The molecule has 1 aliphatic carbocycles. The molecule has 3 rings (SSSR count). The largest absolute Gasteiger partial charge is 0.497 e. The molecule has 1 aromatic heterocycles. The summed E-state index contributed by atoms with van der Waals surface area (Å²) in [5, 5.41) is 11.6. The van der Waals surface area contributed by atoms with Crippen molar-refractivity contribution in [3.63, 3.8) is 0 Å². The van der Waals surface area contributed by atoms with E-state index in [2.05, 4.69) is 22.4 Å². The number of methoxy groups -OCH3 is 1. The number of hydrogen-bond acceptors (Lipinski definition) is 6.